The maximum Gasteiger partial charge on any atom is 0.212 e. The Bertz CT molecular complexity index is 1190. The molecule has 2 aliphatic heterocycles. The molecule has 3 nitrogen and oxygen atoms in total. The Hall–Kier alpha value is -3.98. The predicted octanol–water partition coefficient (Wildman–Crippen LogP) is 4.84. The number of carbonyl (C=O) groups excluding carboxylic acids is 2. The summed E-state index contributed by atoms with van der Waals surface area (Å²) in [5.74, 6) is -0.0305. The van der Waals surface area contributed by atoms with E-state index in [2.05, 4.69) is 0 Å². The molecule has 0 bridgehead atoms. The number of hydrogen-bond donors (Lipinski definition) is 0. The van der Waals surface area contributed by atoms with Gasteiger partial charge in [-0.15, -0.1) is 0 Å². The average Bonchev–Trinajstić information content (AvgIpc) is 3.07. The highest BCUT2D eigenvalue weighted by molar-refractivity contribution is 6.38. The van der Waals surface area contributed by atoms with Crippen molar-refractivity contribution in [3.05, 3.63) is 131 Å². The first kappa shape index (κ1) is 17.1. The molecule has 3 heteroatoms. The van der Waals surface area contributed by atoms with Crippen LogP contribution in [0.25, 0.3) is 11.3 Å². The SMILES string of the molecule is O=C1C=CC(=C2C=CN3C(=C2)C(=O)C(c2ccccc2)=C3c2ccccc2)C=C1. The van der Waals surface area contributed by atoms with Crippen LogP contribution >= 0.6 is 0 Å². The molecule has 29 heavy (non-hydrogen) atoms. The van der Waals surface area contributed by atoms with E-state index >= 15 is 0 Å². The second kappa shape index (κ2) is 6.88. The smallest absolute Gasteiger partial charge is 0.212 e. The third kappa shape index (κ3) is 2.93. The molecule has 138 valence electrons. The molecule has 0 radical (unpaired) electrons. The van der Waals surface area contributed by atoms with E-state index < -0.39 is 0 Å². The van der Waals surface area contributed by atoms with E-state index in [4.69, 9.17) is 0 Å². The summed E-state index contributed by atoms with van der Waals surface area (Å²) in [5.41, 5.74) is 5.92. The summed E-state index contributed by atoms with van der Waals surface area (Å²) in [7, 11) is 0. The molecule has 0 fully saturated rings. The summed E-state index contributed by atoms with van der Waals surface area (Å²) in [5, 5.41) is 0. The summed E-state index contributed by atoms with van der Waals surface area (Å²) in [6, 6.07) is 19.8. The van der Waals surface area contributed by atoms with Gasteiger partial charge in [0.25, 0.3) is 0 Å². The van der Waals surface area contributed by atoms with Gasteiger partial charge >= 0.3 is 0 Å². The maximum atomic E-state index is 13.5. The van der Waals surface area contributed by atoms with Crippen molar-refractivity contribution < 1.29 is 9.59 Å². The van der Waals surface area contributed by atoms with Crippen LogP contribution in [0.2, 0.25) is 0 Å². The molecule has 0 aromatic heterocycles. The molecule has 2 heterocycles. The van der Waals surface area contributed by atoms with Crippen LogP contribution in [-0.4, -0.2) is 16.5 Å². The zero-order valence-electron chi connectivity index (χ0n) is 15.6. The van der Waals surface area contributed by atoms with Crippen LogP contribution in [0.5, 0.6) is 0 Å². The highest BCUT2D eigenvalue weighted by atomic mass is 16.1. The van der Waals surface area contributed by atoms with Gasteiger partial charge in [0.15, 0.2) is 5.78 Å². The van der Waals surface area contributed by atoms with Gasteiger partial charge in [0.05, 0.1) is 17.0 Å². The number of fused-ring (bicyclic) bond motifs is 1. The lowest BCUT2D eigenvalue weighted by atomic mass is 9.97. The Morgan fingerprint density at radius 2 is 1.24 bits per heavy atom. The fraction of sp³-hybridized carbons (Fsp3) is 0. The molecule has 1 aliphatic carbocycles. The molecular formula is C26H17NO2. The van der Waals surface area contributed by atoms with E-state index in [0.717, 1.165) is 28.0 Å². The van der Waals surface area contributed by atoms with Crippen LogP contribution in [0.1, 0.15) is 11.1 Å². The predicted molar refractivity (Wildman–Crippen MR) is 114 cm³/mol. The minimum Gasteiger partial charge on any atom is -0.312 e. The summed E-state index contributed by atoms with van der Waals surface area (Å²) in [6.45, 7) is 0. The molecule has 5 rings (SSSR count). The lowest BCUT2D eigenvalue weighted by Gasteiger charge is -2.23. The van der Waals surface area contributed by atoms with Gasteiger partial charge in [0.1, 0.15) is 0 Å². The number of hydrogen-bond acceptors (Lipinski definition) is 3. The molecule has 0 saturated heterocycles. The van der Waals surface area contributed by atoms with Crippen molar-refractivity contribution in [2.24, 2.45) is 0 Å². The van der Waals surface area contributed by atoms with E-state index in [1.165, 1.54) is 0 Å². The van der Waals surface area contributed by atoms with Gasteiger partial charge in [-0.1, -0.05) is 72.8 Å². The molecule has 0 N–H and O–H groups in total. The number of nitrogens with zero attached hydrogens (tertiary/aromatic N) is 1. The quantitative estimate of drug-likeness (QED) is 0.754. The first-order chi connectivity index (χ1) is 14.2. The molecule has 0 unspecified atom stereocenters. The lowest BCUT2D eigenvalue weighted by Crippen LogP contribution is -2.16. The van der Waals surface area contributed by atoms with Crippen molar-refractivity contribution in [3.63, 3.8) is 0 Å². The third-order valence-corrected chi connectivity index (χ3v) is 5.19. The highest BCUT2D eigenvalue weighted by Crippen LogP contribution is 2.43. The number of Topliss-reactive ketones (excluding diaryl/α,β-unsaturated/α-hetero) is 1. The molecule has 3 aliphatic rings. The van der Waals surface area contributed by atoms with Crippen LogP contribution in [-0.2, 0) is 9.59 Å². The number of rotatable bonds is 2. The normalized spacial score (nSPS) is 17.9. The van der Waals surface area contributed by atoms with Crippen LogP contribution in [0.3, 0.4) is 0 Å². The summed E-state index contributed by atoms with van der Waals surface area (Å²) in [4.78, 5) is 26.9. The summed E-state index contributed by atoms with van der Waals surface area (Å²) in [6.07, 6.45) is 12.5. The first-order valence-electron chi connectivity index (χ1n) is 9.46. The standard InChI is InChI=1S/C26H17NO2/c28-22-13-11-18(12-14-22)21-15-16-27-23(17-21)26(29)24(19-7-3-1-4-8-19)25(27)20-9-5-2-6-10-20/h1-17H. The number of carbonyl (C=O) groups is 2. The minimum absolute atomic E-state index is 0.00246. The second-order valence-corrected chi connectivity index (χ2v) is 6.98. The van der Waals surface area contributed by atoms with Crippen molar-refractivity contribution in [2.45, 2.75) is 0 Å². The van der Waals surface area contributed by atoms with Crippen molar-refractivity contribution in [2.75, 3.05) is 0 Å². The average molecular weight is 375 g/mol. The summed E-state index contributed by atoms with van der Waals surface area (Å²) < 4.78 is 0. The van der Waals surface area contributed by atoms with Gasteiger partial charge in [-0.05, 0) is 46.6 Å². The van der Waals surface area contributed by atoms with E-state index in [1.807, 2.05) is 83.9 Å². The van der Waals surface area contributed by atoms with Gasteiger partial charge in [0.2, 0.25) is 5.78 Å². The topological polar surface area (TPSA) is 37.4 Å². The fourth-order valence-corrected chi connectivity index (χ4v) is 3.81. The van der Waals surface area contributed by atoms with E-state index in [1.54, 1.807) is 24.3 Å². The van der Waals surface area contributed by atoms with E-state index in [-0.39, 0.29) is 11.6 Å². The molecular weight excluding hydrogens is 358 g/mol. The van der Waals surface area contributed by atoms with Gasteiger partial charge in [-0.2, -0.15) is 0 Å². The van der Waals surface area contributed by atoms with Crippen LogP contribution in [0.15, 0.2) is 120 Å². The Kier molecular flexibility index (Phi) is 4.07. The molecule has 0 saturated carbocycles. The van der Waals surface area contributed by atoms with Gasteiger partial charge in [-0.3, -0.25) is 9.59 Å². The Morgan fingerprint density at radius 3 is 1.90 bits per heavy atom. The Balaban J connectivity index is 1.67. The largest absolute Gasteiger partial charge is 0.312 e. The molecule has 0 spiro atoms. The van der Waals surface area contributed by atoms with E-state index in [0.29, 0.717) is 11.3 Å². The van der Waals surface area contributed by atoms with Gasteiger partial charge in [0, 0.05) is 6.20 Å². The molecule has 2 aromatic carbocycles. The van der Waals surface area contributed by atoms with Crippen LogP contribution in [0, 0.1) is 0 Å². The summed E-state index contributed by atoms with van der Waals surface area (Å²) >= 11 is 0. The third-order valence-electron chi connectivity index (χ3n) is 5.19. The van der Waals surface area contributed by atoms with Crippen molar-refractivity contribution in [1.29, 1.82) is 0 Å². The number of allylic oxidation sites excluding steroid dienone is 9. The highest BCUT2D eigenvalue weighted by Gasteiger charge is 2.36. The second-order valence-electron chi connectivity index (χ2n) is 6.98. The zero-order chi connectivity index (χ0) is 19.8. The van der Waals surface area contributed by atoms with Crippen molar-refractivity contribution in [1.82, 2.24) is 4.90 Å². The first-order valence-corrected chi connectivity index (χ1v) is 9.46. The molecule has 0 atom stereocenters. The van der Waals surface area contributed by atoms with Crippen LogP contribution < -0.4 is 0 Å². The van der Waals surface area contributed by atoms with Crippen LogP contribution in [0.4, 0.5) is 0 Å². The number of ketones is 2. The monoisotopic (exact) mass is 375 g/mol. The Morgan fingerprint density at radius 1 is 0.621 bits per heavy atom. The fourth-order valence-electron chi connectivity index (χ4n) is 3.81. The van der Waals surface area contributed by atoms with Crippen molar-refractivity contribution >= 4 is 22.8 Å². The minimum atomic E-state index is -0.0280. The van der Waals surface area contributed by atoms with Gasteiger partial charge in [-0.25, -0.2) is 0 Å². The van der Waals surface area contributed by atoms with Crippen molar-refractivity contribution in [3.8, 4) is 0 Å². The Labute approximate surface area is 169 Å². The van der Waals surface area contributed by atoms with Gasteiger partial charge < -0.3 is 4.90 Å². The zero-order valence-corrected chi connectivity index (χ0v) is 15.6. The molecule has 0 amide bonds. The van der Waals surface area contributed by atoms with E-state index in [9.17, 15) is 9.59 Å². The number of benzene rings is 2. The molecule has 2 aromatic rings. The lowest BCUT2D eigenvalue weighted by molar-refractivity contribution is -0.111. The maximum absolute atomic E-state index is 13.5.